The Kier molecular flexibility index (Phi) is 1.57. The molecular weight excluding hydrogens is 380 g/mol. The second-order valence-corrected chi connectivity index (χ2v) is 5.53. The van der Waals surface area contributed by atoms with Crippen molar-refractivity contribution in [1.82, 2.24) is 4.90 Å². The number of methoxy groups -OCH3 is 2. The second-order valence-electron chi connectivity index (χ2n) is 5.53. The van der Waals surface area contributed by atoms with Gasteiger partial charge >= 0.3 is 5.97 Å². The van der Waals surface area contributed by atoms with E-state index in [-0.39, 0.29) is 0 Å². The summed E-state index contributed by atoms with van der Waals surface area (Å²) in [6.07, 6.45) is -19.1. The maximum Gasteiger partial charge on any atom is 0.323 e. The molecular formula is C24H38N2O4. The second kappa shape index (κ2) is 9.56. The monoisotopic (exact) mass is 454 g/mol. The molecule has 1 aromatic rings. The van der Waals surface area contributed by atoms with Crippen LogP contribution in [0.25, 0.3) is 0 Å². The molecule has 2 aliphatic rings. The van der Waals surface area contributed by atoms with E-state index in [0.29, 0.717) is 0 Å². The quantitative estimate of drug-likeness (QED) is 0.636. The Bertz CT molecular complexity index is 2030. The molecule has 1 fully saturated rings. The van der Waals surface area contributed by atoms with Crippen LogP contribution in [0.15, 0.2) is 12.1 Å². The molecule has 6 heteroatoms. The van der Waals surface area contributed by atoms with Gasteiger partial charge in [0.15, 0.2) is 11.5 Å². The van der Waals surface area contributed by atoms with Crippen LogP contribution < -0.4 is 15.2 Å². The molecule has 168 valence electrons. The summed E-state index contributed by atoms with van der Waals surface area (Å²) in [6.45, 7) is -28.1. The van der Waals surface area contributed by atoms with Crippen LogP contribution in [-0.4, -0.2) is 50.1 Å². The van der Waals surface area contributed by atoms with E-state index in [1.165, 1.54) is 0 Å². The van der Waals surface area contributed by atoms with Gasteiger partial charge in [0.2, 0.25) is 0 Å². The number of fused-ring (bicyclic) bond motifs is 3. The highest BCUT2D eigenvalue weighted by molar-refractivity contribution is 5.76. The third-order valence-corrected chi connectivity index (χ3v) is 3.63. The third kappa shape index (κ3) is 4.75. The van der Waals surface area contributed by atoms with Gasteiger partial charge in [-0.2, -0.15) is 0 Å². The van der Waals surface area contributed by atoms with Crippen LogP contribution in [-0.2, 0) is 15.9 Å². The molecule has 0 aliphatic carbocycles. The maximum absolute atomic E-state index is 14.1. The molecule has 4 atom stereocenters. The van der Waals surface area contributed by atoms with Crippen molar-refractivity contribution in [1.29, 1.82) is 0 Å². The van der Waals surface area contributed by atoms with Gasteiger partial charge in [0.05, 0.1) is 27.8 Å². The highest BCUT2D eigenvalue weighted by Crippen LogP contribution is 2.44. The number of nitrogens with two attached hydrogens (primary N) is 1. The predicted molar refractivity (Wildman–Crippen MR) is 118 cm³/mol. The van der Waals surface area contributed by atoms with E-state index in [4.69, 9.17) is 50.2 Å². The molecule has 0 saturated carbocycles. The Labute approximate surface area is 230 Å². The van der Waals surface area contributed by atoms with Gasteiger partial charge in [-0.1, -0.05) is 27.4 Å². The minimum absolute atomic E-state index is 1.11. The number of nitrogens with zero attached hydrogens (tertiary/aromatic N) is 1. The molecule has 0 spiro atoms. The van der Waals surface area contributed by atoms with E-state index in [9.17, 15) is 13.0 Å². The maximum atomic E-state index is 14.1. The van der Waals surface area contributed by atoms with Crippen LogP contribution >= 0.6 is 0 Å². The van der Waals surface area contributed by atoms with Crippen molar-refractivity contribution in [3.63, 3.8) is 0 Å². The summed E-state index contributed by atoms with van der Waals surface area (Å²) in [6, 6.07) is -13.3. The van der Waals surface area contributed by atoms with E-state index in [2.05, 4.69) is 9.47 Å². The van der Waals surface area contributed by atoms with Crippen LogP contribution in [0.1, 0.15) is 105 Å². The number of hydrogen-bond acceptors (Lipinski definition) is 6. The van der Waals surface area contributed by atoms with Crippen molar-refractivity contribution in [2.75, 3.05) is 27.1 Å². The largest absolute Gasteiger partial charge is 0.493 e. The zero-order chi connectivity index (χ0) is 52.3. The Morgan fingerprint density at radius 1 is 1.40 bits per heavy atom. The Morgan fingerprint density at radius 3 is 2.87 bits per heavy atom. The molecule has 30 heavy (non-hydrogen) atoms. The molecule has 0 bridgehead atoms. The van der Waals surface area contributed by atoms with E-state index >= 15 is 0 Å². The number of esters is 1. The molecule has 1 aromatic carbocycles. The van der Waals surface area contributed by atoms with Crippen molar-refractivity contribution in [2.45, 2.75) is 64.7 Å². The number of ether oxygens (including phenoxy) is 3. The highest BCUT2D eigenvalue weighted by atomic mass is 16.5. The zero-order valence-corrected chi connectivity index (χ0v) is 14.7. The lowest BCUT2D eigenvalue weighted by molar-refractivity contribution is -0.160. The number of rotatable bonds is 7. The standard InChI is InChI=1S/C24H38N2O4/c1-14(2)9-17-13-26-8-7-16-10-21(28-5)22(29-6)11-18(16)19(26)12-20(17)30-24(27)23(25)15(3)4/h10-11,14-15,17,19-20,23H,7-9,12-13,25H2,1-6H3/t17?,19?,20?,23-/m0/s1/i1D3,2D3,3D3,4D3,5D3,6D3,7D2,8D2,9D2,10D,11D,12D2,13D2,14D,15D,17D,19D,23D. The fraction of sp³-hybridized carbons (Fsp3) is 0.708. The lowest BCUT2D eigenvalue weighted by Crippen LogP contribution is -2.51. The van der Waals surface area contributed by atoms with Crippen LogP contribution in [0, 0.1) is 17.7 Å². The van der Waals surface area contributed by atoms with Crippen molar-refractivity contribution in [3.05, 3.63) is 23.2 Å². The van der Waals surface area contributed by atoms with Gasteiger partial charge in [-0.25, -0.2) is 0 Å². The first-order chi connectivity index (χ1) is 27.9. The van der Waals surface area contributed by atoms with Gasteiger partial charge in [-0.3, -0.25) is 9.69 Å². The van der Waals surface area contributed by atoms with E-state index < -0.39 is 155 Å². The van der Waals surface area contributed by atoms with Crippen LogP contribution in [0.3, 0.4) is 0 Å². The summed E-state index contributed by atoms with van der Waals surface area (Å²) < 4.78 is 307. The molecule has 2 aliphatic heterocycles. The molecule has 0 amide bonds. The summed E-state index contributed by atoms with van der Waals surface area (Å²) in [5, 5.41) is 0. The third-order valence-electron chi connectivity index (χ3n) is 3.63. The molecule has 0 radical (unpaired) electrons. The lowest BCUT2D eigenvalue weighted by Gasteiger charge is -2.47. The van der Waals surface area contributed by atoms with E-state index in [1.807, 2.05) is 0 Å². The van der Waals surface area contributed by atoms with Gasteiger partial charge in [0, 0.05) is 65.5 Å². The molecule has 0 aromatic heterocycles. The molecule has 3 unspecified atom stereocenters. The smallest absolute Gasteiger partial charge is 0.323 e. The summed E-state index contributed by atoms with van der Waals surface area (Å²) in [4.78, 5) is 13.0. The topological polar surface area (TPSA) is 74.0 Å². The fourth-order valence-electron chi connectivity index (χ4n) is 2.35. The van der Waals surface area contributed by atoms with Crippen molar-refractivity contribution in [3.8, 4) is 11.5 Å². The van der Waals surface area contributed by atoms with Gasteiger partial charge < -0.3 is 19.9 Å². The van der Waals surface area contributed by atoms with Gasteiger partial charge in [0.1, 0.15) is 12.1 Å². The molecule has 6 nitrogen and oxygen atoms in total. The fourth-order valence-corrected chi connectivity index (χ4v) is 2.35. The first-order valence-corrected chi connectivity index (χ1v) is 7.75. The summed E-state index contributed by atoms with van der Waals surface area (Å²) in [5.41, 5.74) is 1.64. The Morgan fingerprint density at radius 2 is 2.17 bits per heavy atom. The molecule has 2 heterocycles. The van der Waals surface area contributed by atoms with E-state index in [1.54, 1.807) is 0 Å². The molecule has 1 saturated heterocycles. The highest BCUT2D eigenvalue weighted by Gasteiger charge is 2.41. The van der Waals surface area contributed by atoms with Gasteiger partial charge in [-0.05, 0) is 47.7 Å². The summed E-state index contributed by atoms with van der Waals surface area (Å²) >= 11 is 0. The summed E-state index contributed by atoms with van der Waals surface area (Å²) in [7, 11) is -7.67. The SMILES string of the molecule is [2H]c1c(OC([2H])([2H])[2H])c(OC([2H])([2H])[2H])c([2H])c2c1C([2H])([2H])C([2H])([2H])N1C([2H])([2H])C([2H])(C([2H])([2H])C([2H])(C([2H])([2H])[2H])C([2H])([2H])[2H])C(OC(=O)[C@@]([2H])(N)C([2H])(C([2H])([2H])[2H])C([2H])([2H])[2H])C([2H])([2H])C21[2H]. The molecule has 3 rings (SSSR count). The van der Waals surface area contributed by atoms with Crippen molar-refractivity contribution < 1.29 is 67.0 Å². The summed E-state index contributed by atoms with van der Waals surface area (Å²) in [5.74, 6) is -21.7. The minimum atomic E-state index is -5.31. The van der Waals surface area contributed by atoms with Gasteiger partial charge in [0.25, 0.3) is 0 Å². The number of piperidine rings is 1. The predicted octanol–water partition coefficient (Wildman–Crippen LogP) is 3.56. The number of hydrogen-bond donors (Lipinski definition) is 1. The minimum Gasteiger partial charge on any atom is -0.493 e. The van der Waals surface area contributed by atoms with Crippen LogP contribution in [0.5, 0.6) is 11.5 Å². The van der Waals surface area contributed by atoms with Crippen LogP contribution in [0.4, 0.5) is 0 Å². The Balaban J connectivity index is 2.89. The number of carbonyl (C=O) groups excluding carboxylic acids is 1. The van der Waals surface area contributed by atoms with Crippen molar-refractivity contribution in [2.24, 2.45) is 23.4 Å². The lowest BCUT2D eigenvalue weighted by atomic mass is 9.79. The van der Waals surface area contributed by atoms with Gasteiger partial charge in [-0.15, -0.1) is 0 Å². The average Bonchev–Trinajstić information content (AvgIpc) is 3.03. The Hall–Kier alpha value is -1.79. The average molecular weight is 454 g/mol. The van der Waals surface area contributed by atoms with E-state index in [0.717, 1.165) is 0 Å². The van der Waals surface area contributed by atoms with Crippen LogP contribution in [0.2, 0.25) is 0 Å². The molecule has 2 N–H and O–H groups in total. The zero-order valence-electron chi connectivity index (χ0n) is 49.7. The number of carbonyl (C=O) groups is 1. The normalized spacial score (nSPS) is 58.4. The van der Waals surface area contributed by atoms with Crippen molar-refractivity contribution >= 4 is 5.97 Å². The first-order valence-electron chi connectivity index (χ1n) is 25.2. The number of benzene rings is 1. The first kappa shape index (κ1) is 4.91.